The topological polar surface area (TPSA) is 91.2 Å². The van der Waals surface area contributed by atoms with Gasteiger partial charge in [0.05, 0.1) is 11.7 Å². The number of nitrogens with zero attached hydrogens (tertiary/aromatic N) is 1. The molecule has 2 unspecified atom stereocenters. The molecular weight excluding hydrogens is 218 g/mol. The van der Waals surface area contributed by atoms with Crippen LogP contribution in [0.25, 0.3) is 0 Å². The second-order valence-electron chi connectivity index (χ2n) is 4.31. The Hall–Kier alpha value is -1.46. The van der Waals surface area contributed by atoms with Crippen molar-refractivity contribution in [1.82, 2.24) is 4.98 Å². The number of ketones is 1. The van der Waals surface area contributed by atoms with Crippen LogP contribution in [0, 0.1) is 6.92 Å². The van der Waals surface area contributed by atoms with Gasteiger partial charge < -0.3 is 16.2 Å². The fourth-order valence-corrected chi connectivity index (χ4v) is 2.13. The van der Waals surface area contributed by atoms with E-state index in [1.807, 2.05) is 6.92 Å². The van der Waals surface area contributed by atoms with Crippen molar-refractivity contribution in [3.8, 4) is 0 Å². The van der Waals surface area contributed by atoms with Crippen molar-refractivity contribution < 1.29 is 9.53 Å². The highest BCUT2D eigenvalue weighted by atomic mass is 16.5. The molecule has 92 valence electrons. The number of anilines is 1. The molecule has 0 aliphatic carbocycles. The van der Waals surface area contributed by atoms with Crippen LogP contribution in [0.5, 0.6) is 0 Å². The first-order valence-corrected chi connectivity index (χ1v) is 5.74. The predicted molar refractivity (Wildman–Crippen MR) is 64.7 cm³/mol. The van der Waals surface area contributed by atoms with Crippen molar-refractivity contribution in [2.75, 3.05) is 12.3 Å². The number of nitrogen functional groups attached to an aromatic ring is 1. The van der Waals surface area contributed by atoms with Gasteiger partial charge in [0.25, 0.3) is 0 Å². The highest BCUT2D eigenvalue weighted by Crippen LogP contribution is 2.25. The van der Waals surface area contributed by atoms with Crippen LogP contribution in [0.3, 0.4) is 0 Å². The predicted octanol–water partition coefficient (Wildman–Crippen LogP) is 0.661. The second kappa shape index (κ2) is 4.81. The van der Waals surface area contributed by atoms with Crippen LogP contribution in [0.1, 0.15) is 28.8 Å². The zero-order chi connectivity index (χ0) is 12.4. The van der Waals surface area contributed by atoms with E-state index in [-0.39, 0.29) is 17.7 Å². The number of hydrogen-bond donors (Lipinski definition) is 2. The van der Waals surface area contributed by atoms with E-state index in [1.54, 1.807) is 12.3 Å². The average Bonchev–Trinajstić information content (AvgIpc) is 2.77. The van der Waals surface area contributed by atoms with Crippen LogP contribution < -0.4 is 11.5 Å². The molecule has 0 saturated carbocycles. The molecule has 2 rings (SSSR count). The van der Waals surface area contributed by atoms with Crippen LogP contribution in [0.15, 0.2) is 12.3 Å². The van der Waals surface area contributed by atoms with E-state index in [9.17, 15) is 4.79 Å². The van der Waals surface area contributed by atoms with Gasteiger partial charge in [0.1, 0.15) is 11.9 Å². The number of aryl methyl sites for hydroxylation is 1. The Balaban J connectivity index is 2.21. The molecule has 2 atom stereocenters. The zero-order valence-electron chi connectivity index (χ0n) is 9.85. The van der Waals surface area contributed by atoms with E-state index in [1.165, 1.54) is 0 Å². The molecule has 0 amide bonds. The van der Waals surface area contributed by atoms with Crippen molar-refractivity contribution in [2.45, 2.75) is 32.0 Å². The standard InChI is InChI=1S/C12H17N3O2/c1-7-4-5-15-12(14)10(7)11(16)9-3-2-8(6-13)17-9/h4-5,8-9H,2-3,6,13H2,1H3,(H2,14,15). The van der Waals surface area contributed by atoms with E-state index >= 15 is 0 Å². The first-order chi connectivity index (χ1) is 8.13. The summed E-state index contributed by atoms with van der Waals surface area (Å²) in [4.78, 5) is 16.2. The minimum absolute atomic E-state index is 0.0119. The quantitative estimate of drug-likeness (QED) is 0.751. The van der Waals surface area contributed by atoms with Gasteiger partial charge in [-0.3, -0.25) is 4.79 Å². The SMILES string of the molecule is Cc1ccnc(N)c1C(=O)C1CCC(CN)O1. The lowest BCUT2D eigenvalue weighted by Gasteiger charge is -2.13. The van der Waals surface area contributed by atoms with Crippen LogP contribution in [0.4, 0.5) is 5.82 Å². The fourth-order valence-electron chi connectivity index (χ4n) is 2.13. The van der Waals surface area contributed by atoms with Gasteiger partial charge in [-0.25, -0.2) is 4.98 Å². The number of carbonyl (C=O) groups excluding carboxylic acids is 1. The Morgan fingerprint density at radius 1 is 1.59 bits per heavy atom. The number of rotatable bonds is 3. The van der Waals surface area contributed by atoms with Gasteiger partial charge in [-0.2, -0.15) is 0 Å². The first kappa shape index (κ1) is 12.0. The number of carbonyl (C=O) groups is 1. The van der Waals surface area contributed by atoms with Crippen molar-refractivity contribution in [2.24, 2.45) is 5.73 Å². The maximum atomic E-state index is 12.3. The van der Waals surface area contributed by atoms with Crippen LogP contribution in [0.2, 0.25) is 0 Å². The Morgan fingerprint density at radius 3 is 2.94 bits per heavy atom. The smallest absolute Gasteiger partial charge is 0.195 e. The molecule has 1 aromatic heterocycles. The average molecular weight is 235 g/mol. The minimum atomic E-state index is -0.422. The third kappa shape index (κ3) is 2.30. The highest BCUT2D eigenvalue weighted by molar-refractivity contribution is 6.04. The molecule has 1 saturated heterocycles. The molecule has 2 heterocycles. The molecule has 1 aliphatic heterocycles. The van der Waals surface area contributed by atoms with E-state index in [4.69, 9.17) is 16.2 Å². The molecule has 17 heavy (non-hydrogen) atoms. The monoisotopic (exact) mass is 235 g/mol. The number of ether oxygens (including phenoxy) is 1. The van der Waals surface area contributed by atoms with Gasteiger partial charge in [-0.1, -0.05) is 0 Å². The third-order valence-electron chi connectivity index (χ3n) is 3.10. The van der Waals surface area contributed by atoms with Crippen molar-refractivity contribution >= 4 is 11.6 Å². The molecule has 0 bridgehead atoms. The lowest BCUT2D eigenvalue weighted by Crippen LogP contribution is -2.26. The molecule has 0 spiro atoms. The summed E-state index contributed by atoms with van der Waals surface area (Å²) in [5.41, 5.74) is 12.6. The molecule has 5 nitrogen and oxygen atoms in total. The maximum absolute atomic E-state index is 12.3. The summed E-state index contributed by atoms with van der Waals surface area (Å²) in [5.74, 6) is 0.193. The largest absolute Gasteiger partial charge is 0.383 e. The van der Waals surface area contributed by atoms with Crippen molar-refractivity contribution in [3.63, 3.8) is 0 Å². The van der Waals surface area contributed by atoms with E-state index < -0.39 is 6.10 Å². The van der Waals surface area contributed by atoms with E-state index in [0.29, 0.717) is 18.5 Å². The molecule has 1 fully saturated rings. The van der Waals surface area contributed by atoms with E-state index in [2.05, 4.69) is 4.98 Å². The lowest BCUT2D eigenvalue weighted by atomic mass is 10.0. The summed E-state index contributed by atoms with van der Waals surface area (Å²) >= 11 is 0. The van der Waals surface area contributed by atoms with Crippen molar-refractivity contribution in [1.29, 1.82) is 0 Å². The molecule has 5 heteroatoms. The number of pyridine rings is 1. The Labute approximate surface area is 100 Å². The Bertz CT molecular complexity index is 414. The molecule has 1 aromatic rings. The highest BCUT2D eigenvalue weighted by Gasteiger charge is 2.32. The van der Waals surface area contributed by atoms with Crippen LogP contribution in [-0.2, 0) is 4.74 Å². The molecule has 1 aliphatic rings. The second-order valence-corrected chi connectivity index (χ2v) is 4.31. The lowest BCUT2D eigenvalue weighted by molar-refractivity contribution is 0.0404. The Morgan fingerprint density at radius 2 is 2.35 bits per heavy atom. The first-order valence-electron chi connectivity index (χ1n) is 5.74. The summed E-state index contributed by atoms with van der Waals surface area (Å²) in [7, 11) is 0. The van der Waals surface area contributed by atoms with Crippen LogP contribution >= 0.6 is 0 Å². The van der Waals surface area contributed by atoms with Crippen molar-refractivity contribution in [3.05, 3.63) is 23.4 Å². The number of aromatic nitrogens is 1. The normalized spacial score (nSPS) is 23.9. The minimum Gasteiger partial charge on any atom is -0.383 e. The summed E-state index contributed by atoms with van der Waals surface area (Å²) in [5, 5.41) is 0. The van der Waals surface area contributed by atoms with E-state index in [0.717, 1.165) is 12.0 Å². The summed E-state index contributed by atoms with van der Waals surface area (Å²) in [6, 6.07) is 1.78. The van der Waals surface area contributed by atoms with Gasteiger partial charge in [0, 0.05) is 12.7 Å². The zero-order valence-corrected chi connectivity index (χ0v) is 9.85. The summed E-state index contributed by atoms with van der Waals surface area (Å²) in [6.07, 6.45) is 2.69. The maximum Gasteiger partial charge on any atom is 0.195 e. The molecule has 0 aromatic carbocycles. The van der Waals surface area contributed by atoms with Gasteiger partial charge in [0.2, 0.25) is 0 Å². The number of nitrogens with two attached hydrogens (primary N) is 2. The van der Waals surface area contributed by atoms with Gasteiger partial charge in [-0.15, -0.1) is 0 Å². The third-order valence-corrected chi connectivity index (χ3v) is 3.10. The van der Waals surface area contributed by atoms with Gasteiger partial charge in [0.15, 0.2) is 5.78 Å². The summed E-state index contributed by atoms with van der Waals surface area (Å²) < 4.78 is 5.58. The number of Topliss-reactive ketones (excluding diaryl/α,β-unsaturated/α-hetero) is 1. The van der Waals surface area contributed by atoms with Gasteiger partial charge >= 0.3 is 0 Å². The molecule has 4 N–H and O–H groups in total. The summed E-state index contributed by atoms with van der Waals surface area (Å²) in [6.45, 7) is 2.30. The molecular formula is C12H17N3O2. The Kier molecular flexibility index (Phi) is 3.40. The van der Waals surface area contributed by atoms with Crippen LogP contribution in [-0.4, -0.2) is 29.5 Å². The number of hydrogen-bond acceptors (Lipinski definition) is 5. The van der Waals surface area contributed by atoms with Gasteiger partial charge in [-0.05, 0) is 31.4 Å². The fraction of sp³-hybridized carbons (Fsp3) is 0.500. The molecule has 0 radical (unpaired) electrons.